The highest BCUT2D eigenvalue weighted by molar-refractivity contribution is 9.10. The Morgan fingerprint density at radius 3 is 2.32 bits per heavy atom. The molecule has 0 aliphatic carbocycles. The van der Waals surface area contributed by atoms with E-state index in [1.807, 2.05) is 19.9 Å². The molecule has 0 bridgehead atoms. The van der Waals surface area contributed by atoms with Gasteiger partial charge in [-0.05, 0) is 51.7 Å². The maximum absolute atomic E-state index is 12.9. The van der Waals surface area contributed by atoms with Crippen LogP contribution in [0, 0.1) is 11.7 Å². The van der Waals surface area contributed by atoms with Crippen molar-refractivity contribution in [2.45, 2.75) is 26.4 Å². The van der Waals surface area contributed by atoms with Crippen LogP contribution in [0.15, 0.2) is 53.0 Å². The molecular weight excluding hydrogens is 387 g/mol. The Kier molecular flexibility index (Phi) is 6.70. The third-order valence-corrected chi connectivity index (χ3v) is 4.43. The highest BCUT2D eigenvalue weighted by atomic mass is 79.9. The van der Waals surface area contributed by atoms with Crippen molar-refractivity contribution >= 4 is 27.7 Å². The number of hydrogen-bond donors (Lipinski definition) is 2. The van der Waals surface area contributed by atoms with Gasteiger partial charge < -0.3 is 10.6 Å². The van der Waals surface area contributed by atoms with Crippen molar-refractivity contribution in [3.05, 3.63) is 69.9 Å². The van der Waals surface area contributed by atoms with E-state index in [0.717, 1.165) is 5.56 Å². The van der Waals surface area contributed by atoms with E-state index in [4.69, 9.17) is 0 Å². The molecule has 2 aromatic rings. The largest absolute Gasteiger partial charge is 0.350 e. The summed E-state index contributed by atoms with van der Waals surface area (Å²) in [6.45, 7) is 4.00. The summed E-state index contributed by atoms with van der Waals surface area (Å²) in [5.74, 6) is -1.00. The van der Waals surface area contributed by atoms with Gasteiger partial charge in [0.05, 0.1) is 5.56 Å². The molecule has 2 N–H and O–H groups in total. The van der Waals surface area contributed by atoms with Crippen molar-refractivity contribution < 1.29 is 14.0 Å². The molecule has 0 saturated heterocycles. The summed E-state index contributed by atoms with van der Waals surface area (Å²) in [5.41, 5.74) is 1.26. The molecule has 0 saturated carbocycles. The Morgan fingerprint density at radius 1 is 1.08 bits per heavy atom. The lowest BCUT2D eigenvalue weighted by atomic mass is 10.0. The van der Waals surface area contributed by atoms with Crippen molar-refractivity contribution in [1.82, 2.24) is 10.6 Å². The van der Waals surface area contributed by atoms with E-state index in [1.165, 1.54) is 12.1 Å². The molecule has 4 nitrogen and oxygen atoms in total. The second-order valence-corrected chi connectivity index (χ2v) is 6.87. The van der Waals surface area contributed by atoms with E-state index in [0.29, 0.717) is 10.0 Å². The highest BCUT2D eigenvalue weighted by Crippen LogP contribution is 2.16. The van der Waals surface area contributed by atoms with Crippen molar-refractivity contribution in [3.8, 4) is 0 Å². The predicted octanol–water partition coefficient (Wildman–Crippen LogP) is 3.66. The van der Waals surface area contributed by atoms with E-state index >= 15 is 0 Å². The molecule has 2 rings (SSSR count). The number of amides is 2. The van der Waals surface area contributed by atoms with Crippen LogP contribution >= 0.6 is 15.9 Å². The van der Waals surface area contributed by atoms with Gasteiger partial charge in [-0.25, -0.2) is 4.39 Å². The topological polar surface area (TPSA) is 58.2 Å². The van der Waals surface area contributed by atoms with Crippen LogP contribution in [0.2, 0.25) is 0 Å². The molecule has 0 radical (unpaired) electrons. The standard InChI is InChI=1S/C19H20BrFN2O2/c1-12(2)17(23-18(24)15-5-3-4-6-16(15)20)19(25)22-11-13-7-9-14(21)10-8-13/h3-10,12,17H,11H2,1-2H3,(H,22,25)(H,23,24)/t17-/m0/s1. The van der Waals surface area contributed by atoms with Gasteiger partial charge in [0, 0.05) is 11.0 Å². The van der Waals surface area contributed by atoms with E-state index < -0.39 is 6.04 Å². The fourth-order valence-corrected chi connectivity index (χ4v) is 2.77. The molecule has 0 heterocycles. The van der Waals surface area contributed by atoms with Gasteiger partial charge in [0.25, 0.3) is 5.91 Å². The summed E-state index contributed by atoms with van der Waals surface area (Å²) < 4.78 is 13.6. The predicted molar refractivity (Wildman–Crippen MR) is 98.5 cm³/mol. The Morgan fingerprint density at radius 2 is 1.72 bits per heavy atom. The lowest BCUT2D eigenvalue weighted by Crippen LogP contribution is -2.49. The van der Waals surface area contributed by atoms with E-state index in [1.54, 1.807) is 30.3 Å². The van der Waals surface area contributed by atoms with Gasteiger partial charge in [-0.2, -0.15) is 0 Å². The quantitative estimate of drug-likeness (QED) is 0.768. The maximum atomic E-state index is 12.9. The first-order chi connectivity index (χ1) is 11.9. The third kappa shape index (κ3) is 5.39. The number of carbonyl (C=O) groups is 2. The second kappa shape index (κ2) is 8.76. The zero-order chi connectivity index (χ0) is 18.4. The Hall–Kier alpha value is -2.21. The van der Waals surface area contributed by atoms with Crippen LogP contribution < -0.4 is 10.6 Å². The molecule has 2 aromatic carbocycles. The molecule has 0 fully saturated rings. The van der Waals surface area contributed by atoms with Crippen molar-refractivity contribution in [1.29, 1.82) is 0 Å². The van der Waals surface area contributed by atoms with Crippen LogP contribution in [0.4, 0.5) is 4.39 Å². The summed E-state index contributed by atoms with van der Waals surface area (Å²) in [4.78, 5) is 24.9. The lowest BCUT2D eigenvalue weighted by Gasteiger charge is -2.22. The number of nitrogens with one attached hydrogen (secondary N) is 2. The van der Waals surface area contributed by atoms with Gasteiger partial charge >= 0.3 is 0 Å². The minimum absolute atomic E-state index is 0.0837. The first-order valence-corrected chi connectivity index (χ1v) is 8.75. The van der Waals surface area contributed by atoms with Crippen LogP contribution in [-0.4, -0.2) is 17.9 Å². The summed E-state index contributed by atoms with van der Waals surface area (Å²) in [5, 5.41) is 5.56. The maximum Gasteiger partial charge on any atom is 0.253 e. The van der Waals surface area contributed by atoms with Gasteiger partial charge in [0.15, 0.2) is 0 Å². The summed E-state index contributed by atoms with van der Waals surface area (Å²) in [6, 6.07) is 12.3. The SMILES string of the molecule is CC(C)[C@H](NC(=O)c1ccccc1Br)C(=O)NCc1ccc(F)cc1. The molecule has 1 atom stereocenters. The van der Waals surface area contributed by atoms with Gasteiger partial charge in [-0.15, -0.1) is 0 Å². The van der Waals surface area contributed by atoms with Gasteiger partial charge in [0.1, 0.15) is 11.9 Å². The molecule has 0 spiro atoms. The fourth-order valence-electron chi connectivity index (χ4n) is 2.30. The number of carbonyl (C=O) groups excluding carboxylic acids is 2. The van der Waals surface area contributed by atoms with E-state index in [2.05, 4.69) is 26.6 Å². The van der Waals surface area contributed by atoms with Crippen molar-refractivity contribution in [2.75, 3.05) is 0 Å². The molecular formula is C19H20BrFN2O2. The molecule has 2 amide bonds. The summed E-state index contributed by atoms with van der Waals surface area (Å²) >= 11 is 3.34. The number of rotatable bonds is 6. The van der Waals surface area contributed by atoms with Crippen LogP contribution in [0.5, 0.6) is 0 Å². The fraction of sp³-hybridized carbons (Fsp3) is 0.263. The smallest absolute Gasteiger partial charge is 0.253 e. The van der Waals surface area contributed by atoms with Crippen molar-refractivity contribution in [3.63, 3.8) is 0 Å². The average Bonchev–Trinajstić information content (AvgIpc) is 2.58. The molecule has 25 heavy (non-hydrogen) atoms. The normalized spacial score (nSPS) is 11.9. The van der Waals surface area contributed by atoms with Gasteiger partial charge in [-0.3, -0.25) is 9.59 Å². The average molecular weight is 407 g/mol. The molecule has 0 unspecified atom stereocenters. The highest BCUT2D eigenvalue weighted by Gasteiger charge is 2.25. The van der Waals surface area contributed by atoms with Crippen LogP contribution in [0.25, 0.3) is 0 Å². The monoisotopic (exact) mass is 406 g/mol. The first kappa shape index (κ1) is 19.1. The molecule has 0 aliphatic heterocycles. The molecule has 0 aromatic heterocycles. The Balaban J connectivity index is 2.01. The number of hydrogen-bond acceptors (Lipinski definition) is 2. The van der Waals surface area contributed by atoms with Crippen LogP contribution in [0.1, 0.15) is 29.8 Å². The number of halogens is 2. The molecule has 0 aliphatic rings. The van der Waals surface area contributed by atoms with Crippen molar-refractivity contribution in [2.24, 2.45) is 5.92 Å². The molecule has 6 heteroatoms. The number of benzene rings is 2. The molecule has 132 valence electrons. The minimum Gasteiger partial charge on any atom is -0.350 e. The Labute approximate surface area is 154 Å². The van der Waals surface area contributed by atoms with Crippen LogP contribution in [-0.2, 0) is 11.3 Å². The Bertz CT molecular complexity index is 747. The summed E-state index contributed by atoms with van der Waals surface area (Å²) in [6.07, 6.45) is 0. The van der Waals surface area contributed by atoms with Gasteiger partial charge in [0.2, 0.25) is 5.91 Å². The van der Waals surface area contributed by atoms with E-state index in [-0.39, 0.29) is 30.1 Å². The zero-order valence-electron chi connectivity index (χ0n) is 14.1. The summed E-state index contributed by atoms with van der Waals surface area (Å²) in [7, 11) is 0. The zero-order valence-corrected chi connectivity index (χ0v) is 15.6. The third-order valence-electron chi connectivity index (χ3n) is 3.73. The minimum atomic E-state index is -0.667. The van der Waals surface area contributed by atoms with E-state index in [9.17, 15) is 14.0 Å². The van der Waals surface area contributed by atoms with Crippen LogP contribution in [0.3, 0.4) is 0 Å². The van der Waals surface area contributed by atoms with Gasteiger partial charge in [-0.1, -0.05) is 38.1 Å². The first-order valence-electron chi connectivity index (χ1n) is 7.96. The second-order valence-electron chi connectivity index (χ2n) is 6.02. The lowest BCUT2D eigenvalue weighted by molar-refractivity contribution is -0.124.